The van der Waals surface area contributed by atoms with E-state index in [-0.39, 0.29) is 12.1 Å². The molecule has 0 saturated carbocycles. The minimum atomic E-state index is 0.00306. The van der Waals surface area contributed by atoms with Gasteiger partial charge in [0, 0.05) is 12.7 Å². The fraction of sp³-hybridized carbons (Fsp3) is 0.385. The summed E-state index contributed by atoms with van der Waals surface area (Å²) in [5.41, 5.74) is 2.17. The van der Waals surface area contributed by atoms with E-state index in [4.69, 9.17) is 0 Å². The molecule has 3 heterocycles. The fourth-order valence-electron chi connectivity index (χ4n) is 2.48. The monoisotopic (exact) mass is 276 g/mol. The maximum Gasteiger partial charge on any atom is 0.318 e. The number of aromatic nitrogens is 2. The highest BCUT2D eigenvalue weighted by Gasteiger charge is 2.29. The number of hydrogen-bond donors (Lipinski definition) is 2. The van der Waals surface area contributed by atoms with Gasteiger partial charge in [-0.1, -0.05) is 0 Å². The summed E-state index contributed by atoms with van der Waals surface area (Å²) in [7, 11) is 0. The lowest BCUT2D eigenvalue weighted by atomic mass is 10.1. The molecule has 3 rings (SSSR count). The van der Waals surface area contributed by atoms with E-state index in [0.717, 1.165) is 25.1 Å². The van der Waals surface area contributed by atoms with Crippen LogP contribution >= 0.6 is 11.3 Å². The van der Waals surface area contributed by atoms with Crippen LogP contribution < -0.4 is 5.32 Å². The molecule has 0 aromatic carbocycles. The topological polar surface area (TPSA) is 61.0 Å². The molecule has 2 aromatic heterocycles. The predicted molar refractivity (Wildman–Crippen MR) is 73.8 cm³/mol. The first-order valence-corrected chi connectivity index (χ1v) is 7.33. The van der Waals surface area contributed by atoms with Crippen LogP contribution in [0.1, 0.15) is 30.1 Å². The van der Waals surface area contributed by atoms with Gasteiger partial charge >= 0.3 is 6.03 Å². The van der Waals surface area contributed by atoms with Crippen LogP contribution in [0.2, 0.25) is 0 Å². The van der Waals surface area contributed by atoms with Crippen molar-refractivity contribution in [1.29, 1.82) is 0 Å². The Morgan fingerprint density at radius 3 is 3.26 bits per heavy atom. The SMILES string of the molecule is O=C(NCc1ccn[nH]1)N1CCC[C@@H]1c1ccsc1. The third-order valence-corrected chi connectivity index (χ3v) is 4.13. The Bertz CT molecular complexity index is 523. The van der Waals surface area contributed by atoms with E-state index in [2.05, 4.69) is 32.3 Å². The van der Waals surface area contributed by atoms with Crippen molar-refractivity contribution in [3.8, 4) is 0 Å². The van der Waals surface area contributed by atoms with Crippen molar-refractivity contribution in [3.63, 3.8) is 0 Å². The Hall–Kier alpha value is -1.82. The van der Waals surface area contributed by atoms with E-state index < -0.39 is 0 Å². The van der Waals surface area contributed by atoms with Crippen LogP contribution in [0.4, 0.5) is 4.79 Å². The van der Waals surface area contributed by atoms with Crippen molar-refractivity contribution in [2.45, 2.75) is 25.4 Å². The number of urea groups is 1. The summed E-state index contributed by atoms with van der Waals surface area (Å²) in [6.07, 6.45) is 3.80. The number of hydrogen-bond acceptors (Lipinski definition) is 3. The normalized spacial score (nSPS) is 18.7. The van der Waals surface area contributed by atoms with Gasteiger partial charge in [-0.15, -0.1) is 0 Å². The molecule has 6 heteroatoms. The molecule has 0 radical (unpaired) electrons. The molecule has 1 saturated heterocycles. The van der Waals surface area contributed by atoms with Gasteiger partial charge in [0.25, 0.3) is 0 Å². The molecular weight excluding hydrogens is 260 g/mol. The highest BCUT2D eigenvalue weighted by Crippen LogP contribution is 2.32. The number of carbonyl (C=O) groups excluding carboxylic acids is 1. The van der Waals surface area contributed by atoms with Crippen molar-refractivity contribution < 1.29 is 4.79 Å². The molecule has 5 nitrogen and oxygen atoms in total. The zero-order chi connectivity index (χ0) is 13.1. The number of H-pyrrole nitrogens is 1. The van der Waals surface area contributed by atoms with Crippen LogP contribution in [-0.2, 0) is 6.54 Å². The smallest absolute Gasteiger partial charge is 0.318 e. The number of thiophene rings is 1. The number of rotatable bonds is 3. The molecule has 100 valence electrons. The van der Waals surface area contributed by atoms with Crippen LogP contribution in [0.5, 0.6) is 0 Å². The average molecular weight is 276 g/mol. The third kappa shape index (κ3) is 2.63. The van der Waals surface area contributed by atoms with Gasteiger partial charge in [0.15, 0.2) is 0 Å². The Balaban J connectivity index is 1.62. The molecule has 0 bridgehead atoms. The maximum absolute atomic E-state index is 12.2. The second-order valence-corrected chi connectivity index (χ2v) is 5.43. The molecule has 1 aliphatic rings. The van der Waals surface area contributed by atoms with Crippen molar-refractivity contribution in [2.75, 3.05) is 6.54 Å². The maximum atomic E-state index is 12.2. The molecule has 1 atom stereocenters. The van der Waals surface area contributed by atoms with Crippen molar-refractivity contribution in [3.05, 3.63) is 40.3 Å². The fourth-order valence-corrected chi connectivity index (χ4v) is 3.18. The molecule has 0 unspecified atom stereocenters. The van der Waals surface area contributed by atoms with Crippen molar-refractivity contribution >= 4 is 17.4 Å². The molecule has 0 spiro atoms. The number of nitrogens with zero attached hydrogens (tertiary/aromatic N) is 2. The van der Waals surface area contributed by atoms with Crippen LogP contribution in [0.25, 0.3) is 0 Å². The van der Waals surface area contributed by atoms with E-state index in [0.29, 0.717) is 6.54 Å². The molecule has 2 aromatic rings. The number of likely N-dealkylation sites (tertiary alicyclic amines) is 1. The summed E-state index contributed by atoms with van der Waals surface area (Å²) < 4.78 is 0. The minimum Gasteiger partial charge on any atom is -0.332 e. The zero-order valence-electron chi connectivity index (χ0n) is 10.5. The molecule has 0 aliphatic carbocycles. The summed E-state index contributed by atoms with van der Waals surface area (Å²) in [5, 5.41) is 13.8. The van der Waals surface area contributed by atoms with E-state index in [1.54, 1.807) is 17.5 Å². The van der Waals surface area contributed by atoms with E-state index in [9.17, 15) is 4.79 Å². The van der Waals surface area contributed by atoms with Gasteiger partial charge in [0.05, 0.1) is 18.3 Å². The first-order chi connectivity index (χ1) is 9.34. The largest absolute Gasteiger partial charge is 0.332 e. The van der Waals surface area contributed by atoms with Gasteiger partial charge in [0.1, 0.15) is 0 Å². The van der Waals surface area contributed by atoms with Crippen LogP contribution in [0.15, 0.2) is 29.1 Å². The summed E-state index contributed by atoms with van der Waals surface area (Å²) >= 11 is 1.68. The molecule has 1 fully saturated rings. The van der Waals surface area contributed by atoms with Gasteiger partial charge in [-0.25, -0.2) is 4.79 Å². The molecule has 2 amide bonds. The quantitative estimate of drug-likeness (QED) is 0.905. The van der Waals surface area contributed by atoms with E-state index in [1.165, 1.54) is 5.56 Å². The number of carbonyl (C=O) groups is 1. The highest BCUT2D eigenvalue weighted by molar-refractivity contribution is 7.07. The number of aromatic amines is 1. The van der Waals surface area contributed by atoms with Crippen LogP contribution in [0, 0.1) is 0 Å². The molecule has 1 aliphatic heterocycles. The lowest BCUT2D eigenvalue weighted by Crippen LogP contribution is -2.39. The third-order valence-electron chi connectivity index (χ3n) is 3.43. The zero-order valence-corrected chi connectivity index (χ0v) is 11.3. The van der Waals surface area contributed by atoms with Gasteiger partial charge < -0.3 is 10.2 Å². The Labute approximate surface area is 115 Å². The van der Waals surface area contributed by atoms with E-state index in [1.807, 2.05) is 11.0 Å². The van der Waals surface area contributed by atoms with Crippen molar-refractivity contribution in [2.24, 2.45) is 0 Å². The predicted octanol–water partition coefficient (Wildman–Crippen LogP) is 2.52. The summed E-state index contributed by atoms with van der Waals surface area (Å²) in [6.45, 7) is 1.32. The molecule has 19 heavy (non-hydrogen) atoms. The summed E-state index contributed by atoms with van der Waals surface area (Å²) in [5.74, 6) is 0. The van der Waals surface area contributed by atoms with Crippen molar-refractivity contribution in [1.82, 2.24) is 20.4 Å². The Kier molecular flexibility index (Phi) is 3.50. The van der Waals surface area contributed by atoms with Gasteiger partial charge in [-0.2, -0.15) is 16.4 Å². The lowest BCUT2D eigenvalue weighted by Gasteiger charge is -2.24. The van der Waals surface area contributed by atoms with Crippen LogP contribution in [0.3, 0.4) is 0 Å². The summed E-state index contributed by atoms with van der Waals surface area (Å²) in [4.78, 5) is 14.2. The molecule has 2 N–H and O–H groups in total. The Morgan fingerprint density at radius 2 is 2.53 bits per heavy atom. The second-order valence-electron chi connectivity index (χ2n) is 4.65. The molecular formula is C13H16N4OS. The van der Waals surface area contributed by atoms with Gasteiger partial charge in [0.2, 0.25) is 0 Å². The van der Waals surface area contributed by atoms with Gasteiger partial charge in [-0.05, 0) is 41.3 Å². The number of amides is 2. The first-order valence-electron chi connectivity index (χ1n) is 6.39. The van der Waals surface area contributed by atoms with Crippen LogP contribution in [-0.4, -0.2) is 27.7 Å². The highest BCUT2D eigenvalue weighted by atomic mass is 32.1. The lowest BCUT2D eigenvalue weighted by molar-refractivity contribution is 0.192. The summed E-state index contributed by atoms with van der Waals surface area (Å²) in [6, 6.07) is 4.20. The number of nitrogens with one attached hydrogen (secondary N) is 2. The average Bonchev–Trinajstić information content (AvgIpc) is 3.14. The minimum absolute atomic E-state index is 0.00306. The second kappa shape index (κ2) is 5.44. The Morgan fingerprint density at radius 1 is 1.58 bits per heavy atom. The van der Waals surface area contributed by atoms with Gasteiger partial charge in [-0.3, -0.25) is 5.10 Å². The first kappa shape index (κ1) is 12.2. The standard InChI is InChI=1S/C13H16N4OS/c18-13(14-8-11-3-5-15-16-11)17-6-1-2-12(17)10-4-7-19-9-10/h3-5,7,9,12H,1-2,6,8H2,(H,14,18)(H,15,16)/t12-/m1/s1. The van der Waals surface area contributed by atoms with E-state index >= 15 is 0 Å².